The van der Waals surface area contributed by atoms with Crippen LogP contribution in [-0.2, 0) is 14.8 Å². The van der Waals surface area contributed by atoms with Gasteiger partial charge in [0.05, 0.1) is 0 Å². The van der Waals surface area contributed by atoms with Gasteiger partial charge in [-0.3, -0.25) is 9.59 Å². The van der Waals surface area contributed by atoms with Gasteiger partial charge in [0.25, 0.3) is 5.91 Å². The number of carbonyl (C=O) groups is 2. The molecule has 1 aliphatic rings. The van der Waals surface area contributed by atoms with E-state index in [1.807, 2.05) is 0 Å². The Balaban J connectivity index is 1.79. The van der Waals surface area contributed by atoms with Crippen LogP contribution in [0.3, 0.4) is 0 Å². The van der Waals surface area contributed by atoms with Crippen LogP contribution in [0.4, 0.5) is 15.8 Å². The molecule has 2 aromatic carbocycles. The van der Waals surface area contributed by atoms with Crippen LogP contribution >= 0.6 is 0 Å². The molecule has 1 saturated heterocycles. The van der Waals surface area contributed by atoms with Crippen molar-refractivity contribution in [3.8, 4) is 0 Å². The second-order valence-electron chi connectivity index (χ2n) is 6.58. The number of hydrogen-bond donors (Lipinski definition) is 1. The van der Waals surface area contributed by atoms with Crippen molar-refractivity contribution in [1.29, 1.82) is 0 Å². The van der Waals surface area contributed by atoms with Crippen LogP contribution in [0.5, 0.6) is 0 Å². The maximum absolute atomic E-state index is 14.0. The van der Waals surface area contributed by atoms with Gasteiger partial charge in [0, 0.05) is 44.0 Å². The summed E-state index contributed by atoms with van der Waals surface area (Å²) >= 11 is 0. The summed E-state index contributed by atoms with van der Waals surface area (Å²) in [5.41, 5.74) is 1.24. The molecule has 1 heterocycles. The van der Waals surface area contributed by atoms with E-state index in [2.05, 4.69) is 5.32 Å². The maximum Gasteiger partial charge on any atom is 0.255 e. The molecule has 148 valence electrons. The van der Waals surface area contributed by atoms with Gasteiger partial charge in [-0.05, 0) is 48.9 Å². The Morgan fingerprint density at radius 1 is 1.14 bits per heavy atom. The zero-order chi connectivity index (χ0) is 20.5. The van der Waals surface area contributed by atoms with Gasteiger partial charge in [0.15, 0.2) is 0 Å². The van der Waals surface area contributed by atoms with Crippen LogP contribution in [0.1, 0.15) is 23.2 Å². The van der Waals surface area contributed by atoms with Crippen molar-refractivity contribution < 1.29 is 22.4 Å². The van der Waals surface area contributed by atoms with E-state index < -0.39 is 26.6 Å². The highest BCUT2D eigenvalue weighted by atomic mass is 32.2. The number of amides is 2. The van der Waals surface area contributed by atoms with Crippen molar-refractivity contribution >= 4 is 33.2 Å². The van der Waals surface area contributed by atoms with Gasteiger partial charge in [0.2, 0.25) is 15.9 Å². The fourth-order valence-corrected chi connectivity index (χ4v) is 3.87. The lowest BCUT2D eigenvalue weighted by molar-refractivity contribution is -0.117. The molecule has 2 amide bonds. The molecule has 7 nitrogen and oxygen atoms in total. The maximum atomic E-state index is 14.0. The Bertz CT molecular complexity index is 1020. The predicted octanol–water partition coefficient (Wildman–Crippen LogP) is 2.46. The second kappa shape index (κ2) is 7.69. The second-order valence-corrected chi connectivity index (χ2v) is 8.70. The topological polar surface area (TPSA) is 86.8 Å². The number of anilines is 2. The highest BCUT2D eigenvalue weighted by molar-refractivity contribution is 7.89. The monoisotopic (exact) mass is 405 g/mol. The number of halogens is 1. The Labute approximate surface area is 162 Å². The lowest BCUT2D eigenvalue weighted by atomic mass is 10.2. The lowest BCUT2D eigenvalue weighted by Crippen LogP contribution is -2.24. The fourth-order valence-electron chi connectivity index (χ4n) is 2.89. The van der Waals surface area contributed by atoms with E-state index in [9.17, 15) is 22.4 Å². The van der Waals surface area contributed by atoms with E-state index in [1.165, 1.54) is 20.2 Å². The molecule has 0 aromatic heterocycles. The van der Waals surface area contributed by atoms with Crippen molar-refractivity contribution in [3.63, 3.8) is 0 Å². The first kappa shape index (κ1) is 20.0. The molecule has 1 aliphatic heterocycles. The van der Waals surface area contributed by atoms with Crippen molar-refractivity contribution in [2.45, 2.75) is 17.7 Å². The minimum Gasteiger partial charge on any atom is -0.322 e. The summed E-state index contributed by atoms with van der Waals surface area (Å²) in [6.45, 7) is 0.670. The minimum absolute atomic E-state index is 0.0145. The summed E-state index contributed by atoms with van der Waals surface area (Å²) in [6, 6.07) is 9.94. The van der Waals surface area contributed by atoms with Crippen molar-refractivity contribution in [2.24, 2.45) is 0 Å². The molecule has 0 spiro atoms. The molecule has 1 N–H and O–H groups in total. The molecule has 0 radical (unpaired) electrons. The number of carbonyl (C=O) groups excluding carboxylic acids is 2. The number of hydrogen-bond acceptors (Lipinski definition) is 4. The van der Waals surface area contributed by atoms with Gasteiger partial charge in [-0.2, -0.15) is 0 Å². The van der Waals surface area contributed by atoms with E-state index in [1.54, 1.807) is 29.2 Å². The average Bonchev–Trinajstić information content (AvgIpc) is 3.08. The Hall–Kier alpha value is -2.78. The van der Waals surface area contributed by atoms with E-state index in [0.29, 0.717) is 18.7 Å². The SMILES string of the molecule is CN(C)S(=O)(=O)c1cc(C(=O)Nc2ccc(N3CCCC3=O)cc2)ccc1F. The van der Waals surface area contributed by atoms with E-state index in [0.717, 1.165) is 28.5 Å². The van der Waals surface area contributed by atoms with Crippen LogP contribution in [0, 0.1) is 5.82 Å². The third-order valence-corrected chi connectivity index (χ3v) is 6.29. The van der Waals surface area contributed by atoms with Crippen molar-refractivity contribution in [2.75, 3.05) is 30.9 Å². The van der Waals surface area contributed by atoms with Crippen molar-refractivity contribution in [1.82, 2.24) is 4.31 Å². The van der Waals surface area contributed by atoms with Crippen LogP contribution in [-0.4, -0.2) is 45.2 Å². The molecule has 2 aromatic rings. The van der Waals surface area contributed by atoms with Crippen LogP contribution in [0.25, 0.3) is 0 Å². The third-order valence-electron chi connectivity index (χ3n) is 4.46. The summed E-state index contributed by atoms with van der Waals surface area (Å²) in [4.78, 5) is 25.4. The quantitative estimate of drug-likeness (QED) is 0.828. The molecule has 0 atom stereocenters. The molecule has 0 bridgehead atoms. The normalized spacial score (nSPS) is 14.6. The Morgan fingerprint density at radius 3 is 2.39 bits per heavy atom. The molecular formula is C19H20FN3O4S. The molecule has 3 rings (SSSR count). The molecule has 0 aliphatic carbocycles. The highest BCUT2D eigenvalue weighted by Gasteiger charge is 2.24. The summed E-state index contributed by atoms with van der Waals surface area (Å²) in [6.07, 6.45) is 1.35. The van der Waals surface area contributed by atoms with Crippen molar-refractivity contribution in [3.05, 3.63) is 53.8 Å². The zero-order valence-corrected chi connectivity index (χ0v) is 16.3. The first-order valence-corrected chi connectivity index (χ1v) is 10.1. The summed E-state index contributed by atoms with van der Waals surface area (Å²) in [7, 11) is -1.44. The minimum atomic E-state index is -4.02. The molecule has 0 saturated carbocycles. The summed E-state index contributed by atoms with van der Waals surface area (Å²) in [5, 5.41) is 2.64. The lowest BCUT2D eigenvalue weighted by Gasteiger charge is -2.16. The average molecular weight is 405 g/mol. The van der Waals surface area contributed by atoms with E-state index in [-0.39, 0.29) is 11.5 Å². The van der Waals surface area contributed by atoms with Gasteiger partial charge in [-0.15, -0.1) is 0 Å². The predicted molar refractivity (Wildman–Crippen MR) is 103 cm³/mol. The molecular weight excluding hydrogens is 385 g/mol. The van der Waals surface area contributed by atoms with E-state index >= 15 is 0 Å². The summed E-state index contributed by atoms with van der Waals surface area (Å²) in [5.74, 6) is -1.43. The molecule has 0 unspecified atom stereocenters. The van der Waals surface area contributed by atoms with Gasteiger partial charge >= 0.3 is 0 Å². The summed E-state index contributed by atoms with van der Waals surface area (Å²) < 4.78 is 39.2. The van der Waals surface area contributed by atoms with Gasteiger partial charge in [-0.25, -0.2) is 17.1 Å². The van der Waals surface area contributed by atoms with Crippen LogP contribution in [0.15, 0.2) is 47.4 Å². The highest BCUT2D eigenvalue weighted by Crippen LogP contribution is 2.24. The molecule has 1 fully saturated rings. The molecule has 9 heteroatoms. The zero-order valence-electron chi connectivity index (χ0n) is 15.5. The smallest absolute Gasteiger partial charge is 0.255 e. The largest absolute Gasteiger partial charge is 0.322 e. The van der Waals surface area contributed by atoms with E-state index in [4.69, 9.17) is 0 Å². The number of sulfonamides is 1. The number of benzene rings is 2. The Kier molecular flexibility index (Phi) is 5.48. The molecule has 28 heavy (non-hydrogen) atoms. The van der Waals surface area contributed by atoms with Gasteiger partial charge in [0.1, 0.15) is 10.7 Å². The first-order chi connectivity index (χ1) is 13.2. The Morgan fingerprint density at radius 2 is 1.82 bits per heavy atom. The standard InChI is InChI=1S/C19H20FN3O4S/c1-22(2)28(26,27)17-12-13(5-10-16(17)20)19(25)21-14-6-8-15(9-7-14)23-11-3-4-18(23)24/h5-10,12H,3-4,11H2,1-2H3,(H,21,25). The number of nitrogens with zero attached hydrogens (tertiary/aromatic N) is 2. The number of rotatable bonds is 5. The number of nitrogens with one attached hydrogen (secondary N) is 1. The van der Waals surface area contributed by atoms with Gasteiger partial charge < -0.3 is 10.2 Å². The van der Waals surface area contributed by atoms with Crippen LogP contribution < -0.4 is 10.2 Å². The third kappa shape index (κ3) is 3.90. The first-order valence-electron chi connectivity index (χ1n) is 8.64. The van der Waals surface area contributed by atoms with Gasteiger partial charge in [-0.1, -0.05) is 0 Å². The fraction of sp³-hybridized carbons (Fsp3) is 0.263. The van der Waals surface area contributed by atoms with Crippen LogP contribution in [0.2, 0.25) is 0 Å².